The van der Waals surface area contributed by atoms with Gasteiger partial charge in [0.1, 0.15) is 25.2 Å². The maximum absolute atomic E-state index is 12.2. The third-order valence-corrected chi connectivity index (χ3v) is 7.10. The molecule has 0 aliphatic heterocycles. The van der Waals surface area contributed by atoms with Crippen molar-refractivity contribution in [2.24, 2.45) is 0 Å². The molecule has 0 saturated heterocycles. The molecule has 20 heteroatoms. The summed E-state index contributed by atoms with van der Waals surface area (Å²) in [5.74, 6) is -7.34. The first-order chi connectivity index (χ1) is 26.3. The van der Waals surface area contributed by atoms with E-state index < -0.39 is 92.9 Å². The first-order valence-electron chi connectivity index (χ1n) is 16.9. The van der Waals surface area contributed by atoms with Crippen LogP contribution in [0.4, 0.5) is 0 Å². The predicted octanol–water partition coefficient (Wildman–Crippen LogP) is -1.12. The zero-order valence-electron chi connectivity index (χ0n) is 31.3. The van der Waals surface area contributed by atoms with E-state index in [1.54, 1.807) is 65.1 Å². The number of nitrogens with one attached hydrogen (secondary N) is 6. The van der Waals surface area contributed by atoms with Gasteiger partial charge in [0.2, 0.25) is 35.4 Å². The van der Waals surface area contributed by atoms with Crippen LogP contribution in [0.2, 0.25) is 0 Å². The Morgan fingerprint density at radius 3 is 1.56 bits per heavy atom. The molecule has 18 nitrogen and oxygen atoms in total. The highest BCUT2D eigenvalue weighted by Gasteiger charge is 2.23. The molecule has 0 heterocycles. The maximum atomic E-state index is 12.2. The number of rotatable bonds is 22. The molecule has 0 bridgehead atoms. The van der Waals surface area contributed by atoms with E-state index in [9.17, 15) is 38.4 Å². The van der Waals surface area contributed by atoms with Crippen molar-refractivity contribution in [1.82, 2.24) is 31.9 Å². The molecule has 0 aromatic heterocycles. The van der Waals surface area contributed by atoms with E-state index in [0.29, 0.717) is 0 Å². The van der Waals surface area contributed by atoms with E-state index in [2.05, 4.69) is 26.6 Å². The third kappa shape index (κ3) is 22.4. The van der Waals surface area contributed by atoms with E-state index in [0.717, 1.165) is 5.56 Å². The molecule has 2 rings (SSSR count). The van der Waals surface area contributed by atoms with E-state index in [1.165, 1.54) is 12.1 Å². The van der Waals surface area contributed by atoms with Gasteiger partial charge in [-0.3, -0.25) is 38.4 Å². The van der Waals surface area contributed by atoms with Crippen LogP contribution in [-0.2, 0) is 61.0 Å². The van der Waals surface area contributed by atoms with E-state index in [1.807, 2.05) is 34.0 Å². The first kappa shape index (κ1) is 38.8. The average Bonchev–Trinajstić information content (AvgIpc) is 3.16. The van der Waals surface area contributed by atoms with Crippen LogP contribution in [0.25, 0.3) is 0 Å². The van der Waals surface area contributed by atoms with Crippen molar-refractivity contribution in [2.45, 2.75) is 25.2 Å². The molecule has 0 spiro atoms. The van der Waals surface area contributed by atoms with Gasteiger partial charge in [-0.2, -0.15) is 0 Å². The molecule has 0 saturated carbocycles. The lowest BCUT2D eigenvalue weighted by Gasteiger charge is -2.18. The van der Waals surface area contributed by atoms with Crippen LogP contribution in [0.3, 0.4) is 0 Å². The van der Waals surface area contributed by atoms with Crippen molar-refractivity contribution in [1.29, 1.82) is 0 Å². The SMILES string of the molecule is [2H]C([2H])(NC(=O)CI)C(=O)NC(COCc1ccccc1)C(=O)NCC(=O)O.[2H]C([2H])(OCC(NC(=O)CNC(=O)CI)C(=O)NCC(=O)O)c1ccccc1. The Morgan fingerprint density at radius 1 is 0.596 bits per heavy atom. The molecular weight excluding hydrogens is 914 g/mol. The normalized spacial score (nSPS) is 13.0. The Hall–Kier alpha value is -4.42. The minimum Gasteiger partial charge on any atom is -0.480 e. The molecule has 2 aromatic carbocycles. The van der Waals surface area contributed by atoms with E-state index in [4.69, 9.17) is 25.2 Å². The fourth-order valence-corrected chi connectivity index (χ4v) is 3.81. The number of carbonyl (C=O) groups is 8. The average molecular weight is 959 g/mol. The molecule has 284 valence electrons. The summed E-state index contributed by atoms with van der Waals surface area (Å²) in [5.41, 5.74) is 1.02. The van der Waals surface area contributed by atoms with Crippen molar-refractivity contribution in [2.75, 3.05) is 48.2 Å². The standard InChI is InChI=1S/2C16H20IN3O6/c2*17-6-13(21)18-7-14(22)20-12(16(25)19-8-15(23)24)10-26-9-11-4-2-1-3-5-11/h2*1-5,12H,6-10H2,(H,18,21)(H,19,25)(H,20,22)(H,23,24)/i9D2;7D2. The maximum Gasteiger partial charge on any atom is 0.322 e. The number of ether oxygens (including phenoxy) is 2. The van der Waals surface area contributed by atoms with Crippen molar-refractivity contribution < 1.29 is 63.5 Å². The Morgan fingerprint density at radius 2 is 1.06 bits per heavy atom. The van der Waals surface area contributed by atoms with Crippen molar-refractivity contribution >= 4 is 92.6 Å². The lowest BCUT2D eigenvalue weighted by Crippen LogP contribution is -2.52. The van der Waals surface area contributed by atoms with Gasteiger partial charge in [0.05, 0.1) is 53.8 Å². The number of carbonyl (C=O) groups excluding carboxylic acids is 6. The van der Waals surface area contributed by atoms with Gasteiger partial charge in [-0.05, 0) is 11.1 Å². The van der Waals surface area contributed by atoms with Gasteiger partial charge in [0.15, 0.2) is 0 Å². The molecule has 0 aliphatic rings. The topological polar surface area (TPSA) is 268 Å². The highest BCUT2D eigenvalue weighted by molar-refractivity contribution is 14.1. The molecule has 52 heavy (non-hydrogen) atoms. The van der Waals surface area contributed by atoms with Crippen molar-refractivity contribution in [3.8, 4) is 0 Å². The number of halogens is 2. The van der Waals surface area contributed by atoms with Crippen LogP contribution < -0.4 is 31.9 Å². The Labute approximate surface area is 331 Å². The summed E-state index contributed by atoms with van der Waals surface area (Å²) in [6.45, 7) is -7.51. The highest BCUT2D eigenvalue weighted by Crippen LogP contribution is 2.02. The summed E-state index contributed by atoms with van der Waals surface area (Å²) in [4.78, 5) is 92.2. The number of carboxylic acids is 2. The van der Waals surface area contributed by atoms with Gasteiger partial charge in [-0.25, -0.2) is 0 Å². The zero-order valence-corrected chi connectivity index (χ0v) is 31.6. The fraction of sp³-hybridized carbons (Fsp3) is 0.375. The van der Waals surface area contributed by atoms with Crippen LogP contribution in [0.5, 0.6) is 0 Å². The second-order valence-corrected chi connectivity index (χ2v) is 11.4. The molecule has 0 fully saturated rings. The van der Waals surface area contributed by atoms with Crippen molar-refractivity contribution in [3.63, 3.8) is 0 Å². The Bertz CT molecular complexity index is 1620. The van der Waals surface area contributed by atoms with Crippen LogP contribution >= 0.6 is 45.2 Å². The van der Waals surface area contributed by atoms with Gasteiger partial charge >= 0.3 is 11.9 Å². The number of carboxylic acid groups (broad SMARTS) is 2. The molecule has 2 unspecified atom stereocenters. The number of amides is 6. The second-order valence-electron chi connectivity index (χ2n) is 9.87. The fourth-order valence-electron chi connectivity index (χ4n) is 3.35. The van der Waals surface area contributed by atoms with Crippen LogP contribution in [0.1, 0.15) is 16.6 Å². The van der Waals surface area contributed by atoms with Gasteiger partial charge in [-0.1, -0.05) is 106 Å². The Balaban J connectivity index is 0.000000560. The van der Waals surface area contributed by atoms with Gasteiger partial charge in [-0.15, -0.1) is 0 Å². The second kappa shape index (κ2) is 27.3. The molecule has 2 aromatic rings. The molecule has 0 aliphatic carbocycles. The van der Waals surface area contributed by atoms with Gasteiger partial charge in [0.25, 0.3) is 0 Å². The highest BCUT2D eigenvalue weighted by atomic mass is 127. The summed E-state index contributed by atoms with van der Waals surface area (Å²) in [5, 5.41) is 30.2. The molecule has 8 N–H and O–H groups in total. The smallest absolute Gasteiger partial charge is 0.322 e. The lowest BCUT2D eigenvalue weighted by molar-refractivity contribution is -0.139. The van der Waals surface area contributed by atoms with E-state index >= 15 is 0 Å². The summed E-state index contributed by atoms with van der Waals surface area (Å²) in [6.07, 6.45) is 0. The largest absolute Gasteiger partial charge is 0.480 e. The predicted molar refractivity (Wildman–Crippen MR) is 201 cm³/mol. The number of benzene rings is 2. The number of alkyl halides is 2. The van der Waals surface area contributed by atoms with E-state index in [-0.39, 0.29) is 33.5 Å². The Kier molecular flexibility index (Phi) is 20.3. The number of hydrogen-bond donors (Lipinski definition) is 8. The minimum absolute atomic E-state index is 0.0622. The summed E-state index contributed by atoms with van der Waals surface area (Å²) in [6, 6.07) is 14.2. The van der Waals surface area contributed by atoms with Gasteiger partial charge in [0, 0.05) is 0 Å². The van der Waals surface area contributed by atoms with Crippen LogP contribution in [0, 0.1) is 0 Å². The van der Waals surface area contributed by atoms with Crippen molar-refractivity contribution in [3.05, 3.63) is 71.8 Å². The molecular formula is C32H40I2N6O12. The minimum atomic E-state index is -2.76. The first-order valence-corrected chi connectivity index (χ1v) is 18.0. The van der Waals surface area contributed by atoms with Gasteiger partial charge < -0.3 is 51.6 Å². The van der Waals surface area contributed by atoms with Crippen LogP contribution in [-0.4, -0.2) is 118 Å². The number of aliphatic carboxylic acids is 2. The third-order valence-electron chi connectivity index (χ3n) is 5.72. The summed E-state index contributed by atoms with van der Waals surface area (Å²) < 4.78 is 41.8. The molecule has 2 atom stereocenters. The molecule has 6 amide bonds. The quantitative estimate of drug-likeness (QED) is 0.0516. The summed E-state index contributed by atoms with van der Waals surface area (Å²) in [7, 11) is 0. The molecule has 0 radical (unpaired) electrons. The monoisotopic (exact) mass is 958 g/mol. The lowest BCUT2D eigenvalue weighted by atomic mass is 10.2. The summed E-state index contributed by atoms with van der Waals surface area (Å²) >= 11 is 3.52. The zero-order chi connectivity index (χ0) is 42.3. The van der Waals surface area contributed by atoms with Crippen LogP contribution in [0.15, 0.2) is 60.7 Å². The number of hydrogen-bond acceptors (Lipinski definition) is 10.